The Morgan fingerprint density at radius 3 is 0.900 bits per heavy atom. The largest absolute Gasteiger partial charge is 0.309 e. The van der Waals surface area contributed by atoms with Crippen LogP contribution in [0.15, 0.2) is 175 Å². The van der Waals surface area contributed by atoms with Crippen LogP contribution in [0.4, 0.5) is 0 Å². The maximum Gasteiger partial charge on any atom is 0.197 e. The van der Waals surface area contributed by atoms with Crippen LogP contribution in [0.2, 0.25) is 0 Å². The van der Waals surface area contributed by atoms with E-state index in [0.29, 0.717) is 0 Å². The normalized spacial score (nSPS) is 11.9. The van der Waals surface area contributed by atoms with Gasteiger partial charge in [-0.05, 0) is 82.9 Å². The zero-order valence-electron chi connectivity index (χ0n) is 27.3. The van der Waals surface area contributed by atoms with Gasteiger partial charge in [-0.3, -0.25) is 4.79 Å². The fraction of sp³-hybridized carbons (Fsp3) is 0. The lowest BCUT2D eigenvalue weighted by Gasteiger charge is -2.15. The molecule has 0 amide bonds. The fourth-order valence-electron chi connectivity index (χ4n) is 7.05. The molecule has 3 nitrogen and oxygen atoms in total. The Labute approximate surface area is 289 Å². The maximum absolute atomic E-state index is 13.2. The van der Waals surface area contributed by atoms with E-state index in [1.165, 1.54) is 21.8 Å². The molecule has 7 aromatic carbocycles. The second-order valence-corrected chi connectivity index (χ2v) is 12.6. The number of fused-ring (bicyclic) bond motifs is 5. The van der Waals surface area contributed by atoms with E-state index in [2.05, 4.69) is 155 Å². The zero-order chi connectivity index (χ0) is 33.4. The molecule has 0 atom stereocenters. The topological polar surface area (TPSA) is 26.9 Å². The van der Waals surface area contributed by atoms with Crippen molar-refractivity contribution in [2.24, 2.45) is 0 Å². The van der Waals surface area contributed by atoms with Gasteiger partial charge in [0.05, 0.1) is 22.1 Å². The van der Waals surface area contributed by atoms with Crippen molar-refractivity contribution >= 4 is 67.9 Å². The van der Waals surface area contributed by atoms with E-state index in [-0.39, 0.29) is 5.43 Å². The molecule has 0 bridgehead atoms. The Kier molecular flexibility index (Phi) is 7.29. The molecule has 9 aromatic rings. The second kappa shape index (κ2) is 12.4. The summed E-state index contributed by atoms with van der Waals surface area (Å²) in [5, 5.41) is 3.99. The average molecular weight is 641 g/mol. The highest BCUT2D eigenvalue weighted by Gasteiger charge is 2.12. The molecular formula is C47H32N2O. The number of aromatic nitrogens is 2. The standard InChI is InChI=1S/C47H32N2O/c50-47-41-11-3-7-15-45(41)49(46-16-8-4-12-42(46)47)38-31-27-36(28-32-38)24-22-34-19-17-33(18-20-34)21-23-35-25-29-37(30-26-35)48-43-13-5-1-9-39(43)40-10-2-6-14-44(40)48/h1-32H. The van der Waals surface area contributed by atoms with E-state index in [4.69, 9.17) is 0 Å². The average Bonchev–Trinajstić information content (AvgIpc) is 3.52. The van der Waals surface area contributed by atoms with Crippen molar-refractivity contribution in [3.63, 3.8) is 0 Å². The molecule has 0 fully saturated rings. The van der Waals surface area contributed by atoms with E-state index in [0.717, 1.165) is 55.4 Å². The van der Waals surface area contributed by atoms with E-state index in [9.17, 15) is 4.79 Å². The Hall–Kier alpha value is -6.71. The maximum atomic E-state index is 13.2. The third-order valence-corrected chi connectivity index (χ3v) is 9.53. The number of nitrogens with zero attached hydrogens (tertiary/aromatic N) is 2. The summed E-state index contributed by atoms with van der Waals surface area (Å²) in [5.41, 5.74) is 11.1. The summed E-state index contributed by atoms with van der Waals surface area (Å²) in [5.74, 6) is 0. The van der Waals surface area contributed by atoms with Crippen LogP contribution in [0.25, 0.3) is 79.3 Å². The minimum absolute atomic E-state index is 0.0682. The zero-order valence-corrected chi connectivity index (χ0v) is 27.3. The van der Waals surface area contributed by atoms with Crippen molar-refractivity contribution in [1.29, 1.82) is 0 Å². The van der Waals surface area contributed by atoms with Crippen LogP contribution in [-0.2, 0) is 0 Å². The summed E-state index contributed by atoms with van der Waals surface area (Å²) in [7, 11) is 0. The molecule has 0 unspecified atom stereocenters. The van der Waals surface area contributed by atoms with Crippen molar-refractivity contribution in [3.05, 3.63) is 202 Å². The molecule has 50 heavy (non-hydrogen) atoms. The molecule has 0 aliphatic heterocycles. The van der Waals surface area contributed by atoms with E-state index >= 15 is 0 Å². The van der Waals surface area contributed by atoms with Crippen molar-refractivity contribution < 1.29 is 0 Å². The van der Waals surface area contributed by atoms with Gasteiger partial charge in [-0.2, -0.15) is 0 Å². The second-order valence-electron chi connectivity index (χ2n) is 12.6. The summed E-state index contributed by atoms with van der Waals surface area (Å²) in [6, 6.07) is 58.7. The molecule has 0 aliphatic carbocycles. The van der Waals surface area contributed by atoms with Crippen LogP contribution in [0.3, 0.4) is 0 Å². The molecule has 2 aromatic heterocycles. The van der Waals surface area contributed by atoms with Gasteiger partial charge >= 0.3 is 0 Å². The highest BCUT2D eigenvalue weighted by Crippen LogP contribution is 2.32. The van der Waals surface area contributed by atoms with Gasteiger partial charge in [-0.25, -0.2) is 0 Å². The van der Waals surface area contributed by atoms with Crippen molar-refractivity contribution in [2.45, 2.75) is 0 Å². The summed E-state index contributed by atoms with van der Waals surface area (Å²) >= 11 is 0. The van der Waals surface area contributed by atoms with Crippen molar-refractivity contribution in [2.75, 3.05) is 0 Å². The Morgan fingerprint density at radius 2 is 0.560 bits per heavy atom. The molecule has 3 heteroatoms. The third-order valence-electron chi connectivity index (χ3n) is 9.53. The predicted molar refractivity (Wildman–Crippen MR) is 212 cm³/mol. The molecule has 9 rings (SSSR count). The number of rotatable bonds is 6. The Bertz CT molecular complexity index is 2680. The Morgan fingerprint density at radius 1 is 0.300 bits per heavy atom. The number of benzene rings is 7. The molecule has 0 radical (unpaired) electrons. The first-order valence-electron chi connectivity index (χ1n) is 16.9. The quantitative estimate of drug-likeness (QED) is 0.131. The fourth-order valence-corrected chi connectivity index (χ4v) is 7.05. The molecule has 0 saturated carbocycles. The van der Waals surface area contributed by atoms with Gasteiger partial charge in [0.15, 0.2) is 5.43 Å². The van der Waals surface area contributed by atoms with Crippen LogP contribution >= 0.6 is 0 Å². The number of pyridine rings is 1. The summed E-state index contributed by atoms with van der Waals surface area (Å²) in [6.45, 7) is 0. The van der Waals surface area contributed by atoms with Gasteiger partial charge in [-0.1, -0.05) is 133 Å². The third kappa shape index (κ3) is 5.22. The first-order chi connectivity index (χ1) is 24.7. The smallest absolute Gasteiger partial charge is 0.197 e. The van der Waals surface area contributed by atoms with E-state index in [1.54, 1.807) is 0 Å². The lowest BCUT2D eigenvalue weighted by molar-refractivity contribution is 1.16. The lowest BCUT2D eigenvalue weighted by Crippen LogP contribution is -2.10. The molecule has 0 aliphatic rings. The predicted octanol–water partition coefficient (Wildman–Crippen LogP) is 11.6. The molecule has 236 valence electrons. The van der Waals surface area contributed by atoms with Crippen LogP contribution in [0.5, 0.6) is 0 Å². The molecule has 0 saturated heterocycles. The highest BCUT2D eigenvalue weighted by atomic mass is 16.1. The molecule has 0 spiro atoms. The van der Waals surface area contributed by atoms with E-state index in [1.807, 2.05) is 48.5 Å². The molecular weight excluding hydrogens is 609 g/mol. The van der Waals surface area contributed by atoms with Gasteiger partial charge in [-0.15, -0.1) is 0 Å². The minimum Gasteiger partial charge on any atom is -0.309 e. The van der Waals surface area contributed by atoms with Gasteiger partial charge in [0, 0.05) is 32.9 Å². The van der Waals surface area contributed by atoms with Crippen molar-refractivity contribution in [3.8, 4) is 11.4 Å². The first kappa shape index (κ1) is 29.4. The monoisotopic (exact) mass is 640 g/mol. The Balaban J connectivity index is 0.913. The van der Waals surface area contributed by atoms with Crippen LogP contribution in [-0.4, -0.2) is 9.13 Å². The minimum atomic E-state index is 0.0682. The van der Waals surface area contributed by atoms with E-state index < -0.39 is 0 Å². The van der Waals surface area contributed by atoms with Crippen LogP contribution in [0, 0.1) is 0 Å². The molecule has 2 heterocycles. The number of para-hydroxylation sites is 4. The van der Waals surface area contributed by atoms with Gasteiger partial charge in [0.1, 0.15) is 0 Å². The summed E-state index contributed by atoms with van der Waals surface area (Å²) < 4.78 is 4.51. The summed E-state index contributed by atoms with van der Waals surface area (Å²) in [6.07, 6.45) is 8.60. The molecule has 0 N–H and O–H groups in total. The number of hydrogen-bond acceptors (Lipinski definition) is 1. The number of hydrogen-bond donors (Lipinski definition) is 0. The van der Waals surface area contributed by atoms with Crippen LogP contribution in [0.1, 0.15) is 22.3 Å². The highest BCUT2D eigenvalue weighted by molar-refractivity contribution is 6.09. The first-order valence-corrected chi connectivity index (χ1v) is 16.9. The van der Waals surface area contributed by atoms with Gasteiger partial charge in [0.25, 0.3) is 0 Å². The summed E-state index contributed by atoms with van der Waals surface area (Å²) in [4.78, 5) is 13.2. The van der Waals surface area contributed by atoms with Gasteiger partial charge in [0.2, 0.25) is 0 Å². The SMILES string of the molecule is O=c1c2ccccc2n(-c2ccc(C=Cc3ccc(C=Cc4ccc(-n5c6ccccc6c6ccccc65)cc4)cc3)cc2)c2ccccc12. The lowest BCUT2D eigenvalue weighted by atomic mass is 10.1. The van der Waals surface area contributed by atoms with Crippen molar-refractivity contribution in [1.82, 2.24) is 9.13 Å². The van der Waals surface area contributed by atoms with Crippen LogP contribution < -0.4 is 5.43 Å². The van der Waals surface area contributed by atoms with Gasteiger partial charge < -0.3 is 9.13 Å².